The van der Waals surface area contributed by atoms with Gasteiger partial charge in [-0.25, -0.2) is 29.3 Å². The molecule has 0 fully saturated rings. The van der Waals surface area contributed by atoms with E-state index in [1.807, 2.05) is 0 Å². The van der Waals surface area contributed by atoms with Crippen molar-refractivity contribution in [3.63, 3.8) is 0 Å². The number of carbonyl (C=O) groups is 3. The minimum absolute atomic E-state index is 0.0480. The van der Waals surface area contributed by atoms with Crippen molar-refractivity contribution in [3.05, 3.63) is 81.5 Å². The predicted molar refractivity (Wildman–Crippen MR) is 224 cm³/mol. The monoisotopic (exact) mass is 840 g/mol. The Kier molecular flexibility index (Phi) is 12.5. The molecule has 0 spiro atoms. The highest BCUT2D eigenvalue weighted by Crippen LogP contribution is 2.07. The van der Waals surface area contributed by atoms with Gasteiger partial charge in [0.15, 0.2) is 33.5 Å². The molecule has 60 heavy (non-hydrogen) atoms. The third-order valence-electron chi connectivity index (χ3n) is 9.71. The number of imidazole rings is 3. The molecule has 0 N–H and O–H groups in total. The van der Waals surface area contributed by atoms with Gasteiger partial charge in [-0.2, -0.15) is 0 Å². The molecule has 0 atom stereocenters. The molecule has 6 heterocycles. The molecule has 21 nitrogen and oxygen atoms in total. The Balaban J connectivity index is 0.000000219. The van der Waals surface area contributed by atoms with Crippen LogP contribution in [0.15, 0.2) is 47.7 Å². The van der Waals surface area contributed by atoms with Crippen molar-refractivity contribution in [1.82, 2.24) is 56.1 Å². The minimum atomic E-state index is -2.95. The van der Waals surface area contributed by atoms with E-state index in [9.17, 15) is 43.2 Å². The second-order valence-corrected chi connectivity index (χ2v) is 14.5. The van der Waals surface area contributed by atoms with E-state index in [1.54, 1.807) is 37.3 Å². The first kappa shape index (κ1) is 37.7. The van der Waals surface area contributed by atoms with Gasteiger partial charge >= 0.3 is 17.1 Å². The second-order valence-electron chi connectivity index (χ2n) is 14.5. The summed E-state index contributed by atoms with van der Waals surface area (Å²) < 4.78 is 55.1. The lowest BCUT2D eigenvalue weighted by Crippen LogP contribution is -2.39. The van der Waals surface area contributed by atoms with E-state index in [1.165, 1.54) is 51.7 Å². The third-order valence-corrected chi connectivity index (χ3v) is 9.71. The topological polar surface area (TPSA) is 237 Å². The van der Waals surface area contributed by atoms with E-state index in [0.29, 0.717) is 94.1 Å². The summed E-state index contributed by atoms with van der Waals surface area (Å²) >= 11 is 0. The number of carbonyl (C=O) groups excluding carboxylic acids is 3. The number of Topliss-reactive ketones (excluding diaryl/α,β-unsaturated/α-hetero) is 3. The van der Waals surface area contributed by atoms with Gasteiger partial charge in [-0.15, -0.1) is 0 Å². The molecule has 0 aliphatic carbocycles. The average Bonchev–Trinajstić information content (AvgIpc) is 3.95. The Labute approximate surface area is 351 Å². The number of fused-ring (bicyclic) bond motifs is 3. The van der Waals surface area contributed by atoms with Crippen molar-refractivity contribution in [2.45, 2.75) is 98.2 Å². The maximum Gasteiger partial charge on any atom is 0.332 e. The zero-order valence-electron chi connectivity index (χ0n) is 40.8. The maximum absolute atomic E-state index is 12.7. The lowest BCUT2D eigenvalue weighted by molar-refractivity contribution is -0.118. The van der Waals surface area contributed by atoms with Crippen molar-refractivity contribution < 1.29 is 22.6 Å². The van der Waals surface area contributed by atoms with E-state index >= 15 is 0 Å². The smallest absolute Gasteiger partial charge is 0.328 e. The van der Waals surface area contributed by atoms with Crippen LogP contribution in [0.2, 0.25) is 0 Å². The maximum atomic E-state index is 12.7. The minimum Gasteiger partial charge on any atom is -0.328 e. The summed E-state index contributed by atoms with van der Waals surface area (Å²) in [5.41, 5.74) is -2.79. The SMILES string of the molecule is CC(=O)CCCCn1c(=O)c2c(ncn2C)n(C)c1=O.CC(=O)CCCCn1c(=O)c2c(ncn2C)n(C)c1=O.[2H]C([2H])([2H])n1cnc2c1c(=O)n(CCCCC(C)=O)c(=O)n2C([2H])([2H])[2H]. The average molecular weight is 841 g/mol. The van der Waals surface area contributed by atoms with Crippen LogP contribution >= 0.6 is 0 Å². The lowest BCUT2D eigenvalue weighted by atomic mass is 10.2. The van der Waals surface area contributed by atoms with E-state index < -0.39 is 36.4 Å². The first-order chi connectivity index (χ1) is 30.7. The Hall–Kier alpha value is -6.54. The number of rotatable bonds is 15. The van der Waals surface area contributed by atoms with Crippen LogP contribution < -0.4 is 33.7 Å². The third kappa shape index (κ3) is 10.2. The van der Waals surface area contributed by atoms with Crippen LogP contribution in [0.25, 0.3) is 33.5 Å². The van der Waals surface area contributed by atoms with Crippen LogP contribution in [0.4, 0.5) is 0 Å². The van der Waals surface area contributed by atoms with Crippen LogP contribution in [0.1, 0.15) is 86.8 Å². The quantitative estimate of drug-likeness (QED) is 0.129. The number of nitrogens with zero attached hydrogens (tertiary/aromatic N) is 12. The Morgan fingerprint density at radius 3 is 1.08 bits per heavy atom. The fraction of sp³-hybridized carbons (Fsp3) is 0.538. The zero-order valence-corrected chi connectivity index (χ0v) is 34.8. The Bertz CT molecular complexity index is 3020. The second kappa shape index (κ2) is 19.9. The van der Waals surface area contributed by atoms with Gasteiger partial charge in [0.2, 0.25) is 0 Å². The molecule has 324 valence electrons. The first-order valence-corrected chi connectivity index (χ1v) is 19.2. The van der Waals surface area contributed by atoms with Gasteiger partial charge in [-0.05, 0) is 59.3 Å². The van der Waals surface area contributed by atoms with Gasteiger partial charge in [-0.3, -0.25) is 41.8 Å². The van der Waals surface area contributed by atoms with Gasteiger partial charge in [0.05, 0.1) is 19.0 Å². The molecule has 6 aromatic heterocycles. The number of ketones is 3. The summed E-state index contributed by atoms with van der Waals surface area (Å²) in [6.45, 7) is -0.729. The number of unbranched alkanes of at least 4 members (excludes halogenated alkanes) is 3. The van der Waals surface area contributed by atoms with Crippen LogP contribution in [-0.4, -0.2) is 73.4 Å². The molecule has 6 rings (SSSR count). The van der Waals surface area contributed by atoms with Crippen molar-refractivity contribution in [1.29, 1.82) is 0 Å². The fourth-order valence-corrected chi connectivity index (χ4v) is 6.44. The molecule has 0 bridgehead atoms. The summed E-state index contributed by atoms with van der Waals surface area (Å²) in [7, 11) is 6.65. The molecular weight excluding hydrogens is 781 g/mol. The van der Waals surface area contributed by atoms with E-state index in [4.69, 9.17) is 8.22 Å². The molecule has 0 radical (unpaired) electrons. The normalized spacial score (nSPS) is 13.1. The lowest BCUT2D eigenvalue weighted by Gasteiger charge is -2.08. The van der Waals surface area contributed by atoms with Gasteiger partial charge in [-0.1, -0.05) is 0 Å². The van der Waals surface area contributed by atoms with Gasteiger partial charge in [0.25, 0.3) is 16.7 Å². The molecular formula is C39H54N12O9. The summed E-state index contributed by atoms with van der Waals surface area (Å²) in [5, 5.41) is 0. The number of hydrogen-bond donors (Lipinski definition) is 0. The zero-order chi connectivity index (χ0) is 49.6. The molecule has 0 aliphatic heterocycles. The summed E-state index contributed by atoms with van der Waals surface area (Å²) in [5.74, 6) is 0.188. The molecule has 0 unspecified atom stereocenters. The highest BCUT2D eigenvalue weighted by atomic mass is 16.2. The van der Waals surface area contributed by atoms with Crippen molar-refractivity contribution >= 4 is 50.8 Å². The molecule has 0 aromatic carbocycles. The molecule has 0 aliphatic rings. The van der Waals surface area contributed by atoms with E-state index in [-0.39, 0.29) is 59.2 Å². The summed E-state index contributed by atoms with van der Waals surface area (Å²) in [4.78, 5) is 119. The molecule has 6 aromatic rings. The van der Waals surface area contributed by atoms with Crippen LogP contribution in [-0.2, 0) is 76.2 Å². The Morgan fingerprint density at radius 1 is 0.467 bits per heavy atom. The number of hydrogen-bond acceptors (Lipinski definition) is 12. The van der Waals surface area contributed by atoms with Crippen molar-refractivity contribution in [2.75, 3.05) is 0 Å². The number of aromatic nitrogens is 12. The Morgan fingerprint density at radius 2 is 0.767 bits per heavy atom. The summed E-state index contributed by atoms with van der Waals surface area (Å²) in [6.07, 6.45) is 8.36. The van der Waals surface area contributed by atoms with Crippen molar-refractivity contribution in [2.24, 2.45) is 42.1 Å². The van der Waals surface area contributed by atoms with Crippen LogP contribution in [0, 0.1) is 0 Å². The van der Waals surface area contributed by atoms with E-state index in [2.05, 4.69) is 15.0 Å². The first-order valence-electron chi connectivity index (χ1n) is 22.2. The molecule has 0 saturated carbocycles. The van der Waals surface area contributed by atoms with Crippen LogP contribution in [0.3, 0.4) is 0 Å². The highest BCUT2D eigenvalue weighted by molar-refractivity contribution is 5.76. The van der Waals surface area contributed by atoms with Gasteiger partial charge < -0.3 is 28.1 Å². The van der Waals surface area contributed by atoms with Crippen LogP contribution in [0.5, 0.6) is 0 Å². The van der Waals surface area contributed by atoms with Crippen molar-refractivity contribution in [3.8, 4) is 0 Å². The standard InChI is InChI=1S/3C13H18N4O3/c3*1-9(18)6-4-5-7-17-12(19)10-11(14-8-15(10)2)16(3)13(17)20/h3*8H,4-7H2,1-3H3/i2D3,3D3;;. The fourth-order valence-electron chi connectivity index (χ4n) is 6.44. The van der Waals surface area contributed by atoms with E-state index in [0.717, 1.165) is 6.33 Å². The van der Waals surface area contributed by atoms with Gasteiger partial charge in [0.1, 0.15) is 17.3 Å². The predicted octanol–water partition coefficient (Wildman–Crippen LogP) is 0.579. The molecule has 21 heteroatoms. The molecule has 0 amide bonds. The summed E-state index contributed by atoms with van der Waals surface area (Å²) in [6, 6.07) is 0. The van der Waals surface area contributed by atoms with Gasteiger partial charge in [0, 0.05) is 89.3 Å². The molecule has 0 saturated heterocycles. The largest absolute Gasteiger partial charge is 0.332 e. The number of aryl methyl sites for hydroxylation is 6. The highest BCUT2D eigenvalue weighted by Gasteiger charge is 2.17.